The van der Waals surface area contributed by atoms with E-state index in [2.05, 4.69) is 29.4 Å². The summed E-state index contributed by atoms with van der Waals surface area (Å²) < 4.78 is 0. The molecule has 1 unspecified atom stereocenters. The van der Waals surface area contributed by atoms with Gasteiger partial charge in [0.25, 0.3) is 0 Å². The fraction of sp³-hybridized carbons (Fsp3) is 0.636. The van der Waals surface area contributed by atoms with Crippen LogP contribution in [0.15, 0.2) is 18.3 Å². The summed E-state index contributed by atoms with van der Waals surface area (Å²) >= 11 is 0. The number of aromatic nitrogens is 2. The quantitative estimate of drug-likeness (QED) is 0.706. The van der Waals surface area contributed by atoms with Crippen molar-refractivity contribution >= 4 is 5.82 Å². The summed E-state index contributed by atoms with van der Waals surface area (Å²) in [5, 5.41) is 11.1. The van der Waals surface area contributed by atoms with Crippen LogP contribution < -0.4 is 5.32 Å². The maximum Gasteiger partial charge on any atom is 0.148 e. The minimum Gasteiger partial charge on any atom is -0.366 e. The van der Waals surface area contributed by atoms with E-state index in [-0.39, 0.29) is 0 Å². The van der Waals surface area contributed by atoms with Gasteiger partial charge in [0.1, 0.15) is 5.82 Å². The van der Waals surface area contributed by atoms with E-state index in [1.807, 2.05) is 12.1 Å². The van der Waals surface area contributed by atoms with Crippen LogP contribution in [0, 0.1) is 0 Å². The van der Waals surface area contributed by atoms with E-state index in [1.54, 1.807) is 6.20 Å². The fourth-order valence-electron chi connectivity index (χ4n) is 1.40. The Hall–Kier alpha value is -1.12. The van der Waals surface area contributed by atoms with Gasteiger partial charge in [-0.05, 0) is 25.5 Å². The summed E-state index contributed by atoms with van der Waals surface area (Å²) in [5.41, 5.74) is 0. The molecule has 0 amide bonds. The van der Waals surface area contributed by atoms with Gasteiger partial charge in [-0.2, -0.15) is 5.10 Å². The largest absolute Gasteiger partial charge is 0.366 e. The van der Waals surface area contributed by atoms with Gasteiger partial charge in [-0.3, -0.25) is 0 Å². The Morgan fingerprint density at radius 3 is 2.93 bits per heavy atom. The molecule has 0 fully saturated rings. The minimum absolute atomic E-state index is 0.484. The molecule has 1 atom stereocenters. The van der Waals surface area contributed by atoms with E-state index >= 15 is 0 Å². The van der Waals surface area contributed by atoms with Crippen molar-refractivity contribution in [1.29, 1.82) is 0 Å². The summed E-state index contributed by atoms with van der Waals surface area (Å²) in [6.45, 7) is 4.41. The van der Waals surface area contributed by atoms with Crippen LogP contribution in [0.2, 0.25) is 0 Å². The molecule has 3 nitrogen and oxygen atoms in total. The number of unbranched alkanes of at least 4 members (excludes halogenated alkanes) is 2. The highest BCUT2D eigenvalue weighted by Gasteiger charge is 2.01. The van der Waals surface area contributed by atoms with Gasteiger partial charge in [-0.15, -0.1) is 5.10 Å². The Labute approximate surface area is 85.9 Å². The first-order valence-electron chi connectivity index (χ1n) is 5.37. The van der Waals surface area contributed by atoms with Gasteiger partial charge >= 0.3 is 0 Å². The van der Waals surface area contributed by atoms with Crippen LogP contribution in [0.25, 0.3) is 0 Å². The molecule has 1 heterocycles. The Morgan fingerprint density at radius 2 is 2.29 bits per heavy atom. The van der Waals surface area contributed by atoms with E-state index in [1.165, 1.54) is 25.7 Å². The number of hydrogen-bond donors (Lipinski definition) is 1. The lowest BCUT2D eigenvalue weighted by Crippen LogP contribution is -2.15. The molecular weight excluding hydrogens is 174 g/mol. The first-order valence-corrected chi connectivity index (χ1v) is 5.37. The van der Waals surface area contributed by atoms with Crippen molar-refractivity contribution in [2.45, 2.75) is 45.6 Å². The highest BCUT2D eigenvalue weighted by Crippen LogP contribution is 2.07. The van der Waals surface area contributed by atoms with Crippen molar-refractivity contribution in [1.82, 2.24) is 10.2 Å². The molecule has 0 bridgehead atoms. The zero-order valence-corrected chi connectivity index (χ0v) is 9.03. The molecule has 1 rings (SSSR count). The van der Waals surface area contributed by atoms with Gasteiger partial charge in [0.15, 0.2) is 0 Å². The molecule has 0 spiro atoms. The van der Waals surface area contributed by atoms with Crippen molar-refractivity contribution in [3.63, 3.8) is 0 Å². The second kappa shape index (κ2) is 6.35. The van der Waals surface area contributed by atoms with Gasteiger partial charge in [0.05, 0.1) is 0 Å². The maximum absolute atomic E-state index is 3.99. The van der Waals surface area contributed by atoms with E-state index in [0.717, 1.165) is 5.82 Å². The van der Waals surface area contributed by atoms with Crippen LogP contribution in [-0.4, -0.2) is 16.2 Å². The highest BCUT2D eigenvalue weighted by atomic mass is 15.2. The van der Waals surface area contributed by atoms with Gasteiger partial charge in [0.2, 0.25) is 0 Å². The third-order valence-corrected chi connectivity index (χ3v) is 2.21. The second-order valence-electron chi connectivity index (χ2n) is 3.65. The molecule has 0 aliphatic carbocycles. The molecule has 14 heavy (non-hydrogen) atoms. The van der Waals surface area contributed by atoms with E-state index in [0.29, 0.717) is 6.04 Å². The molecule has 3 heteroatoms. The van der Waals surface area contributed by atoms with Crippen LogP contribution in [0.3, 0.4) is 0 Å². The zero-order chi connectivity index (χ0) is 10.2. The average molecular weight is 193 g/mol. The summed E-state index contributed by atoms with van der Waals surface area (Å²) in [5.74, 6) is 0.872. The number of nitrogens with zero attached hydrogens (tertiary/aromatic N) is 2. The monoisotopic (exact) mass is 193 g/mol. The SMILES string of the molecule is CCCCCC(C)Nc1cccnn1. The van der Waals surface area contributed by atoms with Crippen molar-refractivity contribution in [2.24, 2.45) is 0 Å². The van der Waals surface area contributed by atoms with Gasteiger partial charge in [-0.1, -0.05) is 26.2 Å². The predicted molar refractivity (Wildman–Crippen MR) is 59.3 cm³/mol. The van der Waals surface area contributed by atoms with E-state index < -0.39 is 0 Å². The fourth-order valence-corrected chi connectivity index (χ4v) is 1.40. The molecule has 1 aromatic heterocycles. The Balaban J connectivity index is 2.23. The number of nitrogens with one attached hydrogen (secondary N) is 1. The standard InChI is InChI=1S/C11H19N3/c1-3-4-5-7-10(2)13-11-8-6-9-12-14-11/h6,8-10H,3-5,7H2,1-2H3,(H,13,14). The molecule has 0 saturated heterocycles. The third kappa shape index (κ3) is 4.21. The number of rotatable bonds is 6. The number of hydrogen-bond acceptors (Lipinski definition) is 3. The smallest absolute Gasteiger partial charge is 0.148 e. The topological polar surface area (TPSA) is 37.8 Å². The van der Waals surface area contributed by atoms with Crippen molar-refractivity contribution < 1.29 is 0 Å². The van der Waals surface area contributed by atoms with Gasteiger partial charge in [-0.25, -0.2) is 0 Å². The summed E-state index contributed by atoms with van der Waals surface area (Å²) in [6, 6.07) is 4.33. The summed E-state index contributed by atoms with van der Waals surface area (Å²) in [4.78, 5) is 0. The molecule has 0 radical (unpaired) electrons. The predicted octanol–water partition coefficient (Wildman–Crippen LogP) is 2.86. The summed E-state index contributed by atoms with van der Waals surface area (Å²) in [7, 11) is 0. The van der Waals surface area contributed by atoms with E-state index in [4.69, 9.17) is 0 Å². The summed E-state index contributed by atoms with van der Waals surface area (Å²) in [6.07, 6.45) is 6.76. The molecule has 0 aromatic carbocycles. The first kappa shape index (κ1) is 11.0. The Bertz CT molecular complexity index is 236. The minimum atomic E-state index is 0.484. The molecule has 0 aliphatic rings. The lowest BCUT2D eigenvalue weighted by Gasteiger charge is -2.13. The third-order valence-electron chi connectivity index (χ3n) is 2.21. The van der Waals surface area contributed by atoms with Crippen molar-refractivity contribution in [2.75, 3.05) is 5.32 Å². The zero-order valence-electron chi connectivity index (χ0n) is 9.03. The van der Waals surface area contributed by atoms with Crippen LogP contribution in [-0.2, 0) is 0 Å². The molecule has 78 valence electrons. The Morgan fingerprint density at radius 1 is 1.43 bits per heavy atom. The maximum atomic E-state index is 3.99. The van der Waals surface area contributed by atoms with E-state index in [9.17, 15) is 0 Å². The van der Waals surface area contributed by atoms with Crippen LogP contribution in [0.4, 0.5) is 5.82 Å². The van der Waals surface area contributed by atoms with Crippen molar-refractivity contribution in [3.8, 4) is 0 Å². The molecular formula is C11H19N3. The number of anilines is 1. The Kier molecular flexibility index (Phi) is 4.97. The van der Waals surface area contributed by atoms with Crippen LogP contribution in [0.5, 0.6) is 0 Å². The molecule has 1 N–H and O–H groups in total. The highest BCUT2D eigenvalue weighted by molar-refractivity contribution is 5.32. The average Bonchev–Trinajstić information content (AvgIpc) is 2.20. The first-order chi connectivity index (χ1) is 6.83. The lowest BCUT2D eigenvalue weighted by atomic mass is 10.1. The van der Waals surface area contributed by atoms with Gasteiger partial charge in [0, 0.05) is 12.2 Å². The van der Waals surface area contributed by atoms with Crippen LogP contribution in [0.1, 0.15) is 39.5 Å². The normalized spacial score (nSPS) is 12.4. The molecule has 1 aromatic rings. The van der Waals surface area contributed by atoms with Gasteiger partial charge < -0.3 is 5.32 Å². The molecule has 0 saturated carbocycles. The lowest BCUT2D eigenvalue weighted by molar-refractivity contribution is 0.613. The van der Waals surface area contributed by atoms with Crippen LogP contribution >= 0.6 is 0 Å². The second-order valence-corrected chi connectivity index (χ2v) is 3.65. The molecule has 0 aliphatic heterocycles. The van der Waals surface area contributed by atoms with Crippen molar-refractivity contribution in [3.05, 3.63) is 18.3 Å².